The van der Waals surface area contributed by atoms with Crippen molar-refractivity contribution < 1.29 is 27.4 Å². The first-order valence-corrected chi connectivity index (χ1v) is 10.0. The summed E-state index contributed by atoms with van der Waals surface area (Å²) in [4.78, 5) is 12.1. The van der Waals surface area contributed by atoms with Crippen LogP contribution >= 0.6 is 11.6 Å². The topological polar surface area (TPSA) is 90.9 Å². The SMILES string of the molecule is CCCCS(=O)(=O)N[C@@H](C)C(=O)OCc1cc(Cl)cc2c1OCOC2. The number of esters is 1. The number of halogens is 1. The summed E-state index contributed by atoms with van der Waals surface area (Å²) in [5.41, 5.74) is 1.39. The summed E-state index contributed by atoms with van der Waals surface area (Å²) in [7, 11) is -3.51. The van der Waals surface area contributed by atoms with Gasteiger partial charge in [-0.15, -0.1) is 0 Å². The molecule has 1 N–H and O–H groups in total. The second-order valence-electron chi connectivity index (χ2n) is 5.78. The van der Waals surface area contributed by atoms with Crippen molar-refractivity contribution in [2.75, 3.05) is 12.5 Å². The predicted molar refractivity (Wildman–Crippen MR) is 92.8 cm³/mol. The lowest BCUT2D eigenvalue weighted by molar-refractivity contribution is -0.146. The van der Waals surface area contributed by atoms with Gasteiger partial charge in [-0.2, -0.15) is 0 Å². The number of rotatable bonds is 8. The maximum atomic E-state index is 12.1. The Morgan fingerprint density at radius 1 is 1.44 bits per heavy atom. The molecule has 0 saturated carbocycles. The summed E-state index contributed by atoms with van der Waals surface area (Å²) >= 11 is 6.05. The lowest BCUT2D eigenvalue weighted by Crippen LogP contribution is -2.40. The molecule has 1 atom stereocenters. The summed E-state index contributed by atoms with van der Waals surface area (Å²) in [6.45, 7) is 3.76. The van der Waals surface area contributed by atoms with E-state index >= 15 is 0 Å². The third kappa shape index (κ3) is 5.85. The Labute approximate surface area is 152 Å². The molecule has 9 heteroatoms. The molecule has 0 unspecified atom stereocenters. The number of benzene rings is 1. The van der Waals surface area contributed by atoms with Crippen LogP contribution in [0.25, 0.3) is 0 Å². The van der Waals surface area contributed by atoms with Gasteiger partial charge in [0.25, 0.3) is 0 Å². The molecule has 25 heavy (non-hydrogen) atoms. The van der Waals surface area contributed by atoms with Crippen LogP contribution in [0, 0.1) is 0 Å². The quantitative estimate of drug-likeness (QED) is 0.684. The first-order valence-electron chi connectivity index (χ1n) is 8.01. The Bertz CT molecular complexity index is 722. The Morgan fingerprint density at radius 2 is 2.20 bits per heavy atom. The molecule has 140 valence electrons. The molecule has 0 spiro atoms. The van der Waals surface area contributed by atoms with Crippen LogP contribution in [-0.2, 0) is 37.5 Å². The monoisotopic (exact) mass is 391 g/mol. The number of nitrogens with one attached hydrogen (secondary N) is 1. The molecule has 0 aromatic heterocycles. The largest absolute Gasteiger partial charge is 0.467 e. The van der Waals surface area contributed by atoms with Gasteiger partial charge in [0.2, 0.25) is 10.0 Å². The van der Waals surface area contributed by atoms with Gasteiger partial charge in [-0.05, 0) is 25.5 Å². The van der Waals surface area contributed by atoms with Crippen LogP contribution in [0.5, 0.6) is 5.75 Å². The molecule has 0 fully saturated rings. The van der Waals surface area contributed by atoms with Gasteiger partial charge in [-0.3, -0.25) is 4.79 Å². The second kappa shape index (κ2) is 8.84. The van der Waals surface area contributed by atoms with Crippen molar-refractivity contribution >= 4 is 27.6 Å². The van der Waals surface area contributed by atoms with Crippen LogP contribution < -0.4 is 9.46 Å². The van der Waals surface area contributed by atoms with Crippen molar-refractivity contribution in [1.29, 1.82) is 0 Å². The van der Waals surface area contributed by atoms with Gasteiger partial charge in [-0.1, -0.05) is 24.9 Å². The van der Waals surface area contributed by atoms with E-state index in [9.17, 15) is 13.2 Å². The van der Waals surface area contributed by atoms with E-state index < -0.39 is 22.0 Å². The molecule has 0 amide bonds. The van der Waals surface area contributed by atoms with Gasteiger partial charge in [-0.25, -0.2) is 13.1 Å². The molecule has 1 aliphatic rings. The van der Waals surface area contributed by atoms with E-state index in [1.807, 2.05) is 6.92 Å². The highest BCUT2D eigenvalue weighted by Gasteiger charge is 2.23. The Hall–Kier alpha value is -1.35. The smallest absolute Gasteiger partial charge is 0.324 e. The van der Waals surface area contributed by atoms with Crippen molar-refractivity contribution in [3.05, 3.63) is 28.3 Å². The van der Waals surface area contributed by atoms with Gasteiger partial charge in [0.1, 0.15) is 18.4 Å². The van der Waals surface area contributed by atoms with E-state index in [1.54, 1.807) is 12.1 Å². The summed E-state index contributed by atoms with van der Waals surface area (Å²) in [5, 5.41) is 0.479. The molecule has 0 aliphatic carbocycles. The lowest BCUT2D eigenvalue weighted by atomic mass is 10.1. The van der Waals surface area contributed by atoms with Crippen LogP contribution in [0.15, 0.2) is 12.1 Å². The van der Waals surface area contributed by atoms with Crippen LogP contribution in [0.1, 0.15) is 37.8 Å². The molecule has 7 nitrogen and oxygen atoms in total. The third-order valence-electron chi connectivity index (χ3n) is 3.60. The van der Waals surface area contributed by atoms with E-state index in [1.165, 1.54) is 6.92 Å². The minimum absolute atomic E-state index is 0.0171. The highest BCUT2D eigenvalue weighted by atomic mass is 35.5. The van der Waals surface area contributed by atoms with Crippen LogP contribution in [0.4, 0.5) is 0 Å². The number of hydrogen-bond donors (Lipinski definition) is 1. The van der Waals surface area contributed by atoms with Crippen molar-refractivity contribution in [1.82, 2.24) is 4.72 Å². The molecule has 0 bridgehead atoms. The molecule has 2 rings (SSSR count). The second-order valence-corrected chi connectivity index (χ2v) is 8.09. The molecular formula is C16H22ClNO6S. The maximum Gasteiger partial charge on any atom is 0.324 e. The summed E-state index contributed by atoms with van der Waals surface area (Å²) < 4.78 is 41.9. The summed E-state index contributed by atoms with van der Waals surface area (Å²) in [5.74, 6) is -0.1000. The van der Waals surface area contributed by atoms with E-state index in [-0.39, 0.29) is 19.2 Å². The van der Waals surface area contributed by atoms with Crippen molar-refractivity contribution in [3.8, 4) is 5.75 Å². The Morgan fingerprint density at radius 3 is 2.92 bits per heavy atom. The van der Waals surface area contributed by atoms with E-state index in [4.69, 9.17) is 25.8 Å². The van der Waals surface area contributed by atoms with Crippen LogP contribution in [-0.4, -0.2) is 33.0 Å². The first-order chi connectivity index (χ1) is 11.8. The van der Waals surface area contributed by atoms with E-state index in [0.29, 0.717) is 29.4 Å². The van der Waals surface area contributed by atoms with E-state index in [2.05, 4.69) is 4.72 Å². The zero-order valence-corrected chi connectivity index (χ0v) is 15.8. The number of fused-ring (bicyclic) bond motifs is 1. The Balaban J connectivity index is 1.97. The fourth-order valence-corrected chi connectivity index (χ4v) is 4.03. The number of sulfonamides is 1. The summed E-state index contributed by atoms with van der Waals surface area (Å²) in [6.07, 6.45) is 1.29. The standard InChI is InChI=1S/C16H22ClNO6S/c1-3-4-5-25(20,21)18-11(2)16(19)23-9-13-7-14(17)6-12-8-22-10-24-15(12)13/h6-7,11,18H,3-5,8-10H2,1-2H3/t11-/m0/s1. The van der Waals surface area contributed by atoms with E-state index in [0.717, 1.165) is 12.0 Å². The zero-order valence-electron chi connectivity index (χ0n) is 14.2. The predicted octanol–water partition coefficient (Wildman–Crippen LogP) is 2.36. The molecule has 1 aromatic rings. The third-order valence-corrected chi connectivity index (χ3v) is 5.36. The summed E-state index contributed by atoms with van der Waals surface area (Å²) in [6, 6.07) is 2.40. The molecular weight excluding hydrogens is 370 g/mol. The highest BCUT2D eigenvalue weighted by Crippen LogP contribution is 2.32. The number of carbonyl (C=O) groups is 1. The van der Waals surface area contributed by atoms with Gasteiger partial charge >= 0.3 is 5.97 Å². The average molecular weight is 392 g/mol. The van der Waals surface area contributed by atoms with Crippen LogP contribution in [0.2, 0.25) is 5.02 Å². The molecule has 1 aliphatic heterocycles. The molecule has 0 radical (unpaired) electrons. The van der Waals surface area contributed by atoms with Crippen molar-refractivity contribution in [2.24, 2.45) is 0 Å². The van der Waals surface area contributed by atoms with Gasteiger partial charge in [0.15, 0.2) is 6.79 Å². The molecule has 1 heterocycles. The highest BCUT2D eigenvalue weighted by molar-refractivity contribution is 7.89. The Kier molecular flexibility index (Phi) is 7.06. The average Bonchev–Trinajstić information content (AvgIpc) is 2.57. The van der Waals surface area contributed by atoms with Gasteiger partial charge in [0.05, 0.1) is 12.4 Å². The lowest BCUT2D eigenvalue weighted by Gasteiger charge is -2.21. The normalized spacial score (nSPS) is 15.2. The number of hydrogen-bond acceptors (Lipinski definition) is 6. The number of unbranched alkanes of at least 4 members (excludes halogenated alkanes) is 1. The minimum Gasteiger partial charge on any atom is -0.467 e. The number of ether oxygens (including phenoxy) is 3. The molecule has 0 saturated heterocycles. The fourth-order valence-electron chi connectivity index (χ4n) is 2.35. The van der Waals surface area contributed by atoms with Crippen LogP contribution in [0.3, 0.4) is 0 Å². The minimum atomic E-state index is -3.51. The fraction of sp³-hybridized carbons (Fsp3) is 0.562. The van der Waals surface area contributed by atoms with Gasteiger partial charge < -0.3 is 14.2 Å². The zero-order chi connectivity index (χ0) is 18.4. The number of carbonyl (C=O) groups excluding carboxylic acids is 1. The van der Waals surface area contributed by atoms with Gasteiger partial charge in [0, 0.05) is 16.1 Å². The van der Waals surface area contributed by atoms with Crippen molar-refractivity contribution in [2.45, 2.75) is 45.9 Å². The maximum absolute atomic E-state index is 12.1. The first kappa shape index (κ1) is 20.0. The molecule has 1 aromatic carbocycles. The van der Waals surface area contributed by atoms with Crippen molar-refractivity contribution in [3.63, 3.8) is 0 Å².